The van der Waals surface area contributed by atoms with Gasteiger partial charge in [-0.2, -0.15) is 0 Å². The highest BCUT2D eigenvalue weighted by atomic mass is 19.2. The molecule has 1 N–H and O–H groups in total. The molecule has 2 rings (SSSR count). The van der Waals surface area contributed by atoms with Crippen LogP contribution in [0.3, 0.4) is 0 Å². The molecule has 1 amide bonds. The standard InChI is InChI=1S/C15H19F2NO2/c1-8-6-9(2)20-14(8)15(19)18-10(3)11-4-5-12(16)13(17)7-11/h4-5,7-10,14H,6H2,1-3H3,(H,18,19)/t8-,9+,10-,14-/m0/s1. The molecule has 1 aromatic rings. The zero-order chi connectivity index (χ0) is 14.9. The first-order valence-electron chi connectivity index (χ1n) is 6.79. The molecule has 0 radical (unpaired) electrons. The Morgan fingerprint density at radius 2 is 2.05 bits per heavy atom. The SMILES string of the molecule is C[C@@H]1C[C@H](C)[C@@H](C(=O)N[C@@H](C)c2ccc(F)c(F)c2)O1. The van der Waals surface area contributed by atoms with Gasteiger partial charge in [-0.25, -0.2) is 8.78 Å². The topological polar surface area (TPSA) is 38.3 Å². The van der Waals surface area contributed by atoms with E-state index in [1.165, 1.54) is 6.07 Å². The molecular weight excluding hydrogens is 264 g/mol. The lowest BCUT2D eigenvalue weighted by Crippen LogP contribution is -2.38. The van der Waals surface area contributed by atoms with E-state index < -0.39 is 23.8 Å². The van der Waals surface area contributed by atoms with Crippen LogP contribution in [0, 0.1) is 17.6 Å². The Hall–Kier alpha value is -1.49. The third-order valence-corrected chi connectivity index (χ3v) is 3.66. The number of carbonyl (C=O) groups is 1. The molecule has 1 saturated heterocycles. The van der Waals surface area contributed by atoms with Gasteiger partial charge in [-0.15, -0.1) is 0 Å². The van der Waals surface area contributed by atoms with Crippen molar-refractivity contribution in [1.82, 2.24) is 5.32 Å². The molecule has 4 atom stereocenters. The van der Waals surface area contributed by atoms with Gasteiger partial charge < -0.3 is 10.1 Å². The van der Waals surface area contributed by atoms with Crippen molar-refractivity contribution < 1.29 is 18.3 Å². The molecule has 5 heteroatoms. The van der Waals surface area contributed by atoms with Gasteiger partial charge in [0.15, 0.2) is 11.6 Å². The van der Waals surface area contributed by atoms with Crippen LogP contribution < -0.4 is 5.32 Å². The highest BCUT2D eigenvalue weighted by Gasteiger charge is 2.35. The molecule has 0 bridgehead atoms. The van der Waals surface area contributed by atoms with Crippen molar-refractivity contribution in [1.29, 1.82) is 0 Å². The van der Waals surface area contributed by atoms with Crippen LogP contribution in [0.25, 0.3) is 0 Å². The smallest absolute Gasteiger partial charge is 0.249 e. The lowest BCUT2D eigenvalue weighted by molar-refractivity contribution is -0.133. The Kier molecular flexibility index (Phi) is 4.38. The molecule has 20 heavy (non-hydrogen) atoms. The van der Waals surface area contributed by atoms with Crippen molar-refractivity contribution in [2.75, 3.05) is 0 Å². The van der Waals surface area contributed by atoms with E-state index >= 15 is 0 Å². The molecule has 0 unspecified atom stereocenters. The van der Waals surface area contributed by atoms with E-state index in [1.54, 1.807) is 6.92 Å². The maximum Gasteiger partial charge on any atom is 0.249 e. The normalized spacial score (nSPS) is 27.4. The van der Waals surface area contributed by atoms with Crippen LogP contribution in [0.1, 0.15) is 38.8 Å². The van der Waals surface area contributed by atoms with Gasteiger partial charge in [-0.05, 0) is 43.9 Å². The number of amides is 1. The maximum atomic E-state index is 13.2. The summed E-state index contributed by atoms with van der Waals surface area (Å²) < 4.78 is 31.6. The second-order valence-corrected chi connectivity index (χ2v) is 5.48. The fraction of sp³-hybridized carbons (Fsp3) is 0.533. The zero-order valence-electron chi connectivity index (χ0n) is 11.8. The number of halogens is 2. The Bertz CT molecular complexity index is 507. The summed E-state index contributed by atoms with van der Waals surface area (Å²) in [7, 11) is 0. The van der Waals surface area contributed by atoms with E-state index in [2.05, 4.69) is 5.32 Å². The van der Waals surface area contributed by atoms with Crippen molar-refractivity contribution in [3.8, 4) is 0 Å². The fourth-order valence-electron chi connectivity index (χ4n) is 2.57. The fourth-order valence-corrected chi connectivity index (χ4v) is 2.57. The number of benzene rings is 1. The third kappa shape index (κ3) is 3.15. The summed E-state index contributed by atoms with van der Waals surface area (Å²) in [6, 6.07) is 3.22. The number of hydrogen-bond donors (Lipinski definition) is 1. The van der Waals surface area contributed by atoms with E-state index in [-0.39, 0.29) is 17.9 Å². The summed E-state index contributed by atoms with van der Waals surface area (Å²) >= 11 is 0. The molecular formula is C15H19F2NO2. The van der Waals surface area contributed by atoms with Crippen molar-refractivity contribution in [3.63, 3.8) is 0 Å². The van der Waals surface area contributed by atoms with Crippen LogP contribution in [0.4, 0.5) is 8.78 Å². The summed E-state index contributed by atoms with van der Waals surface area (Å²) in [6.45, 7) is 5.63. The molecule has 110 valence electrons. The Morgan fingerprint density at radius 3 is 2.60 bits per heavy atom. The first-order valence-corrected chi connectivity index (χ1v) is 6.79. The molecule has 1 heterocycles. The van der Waals surface area contributed by atoms with E-state index in [1.807, 2.05) is 13.8 Å². The van der Waals surface area contributed by atoms with Gasteiger partial charge in [0, 0.05) is 0 Å². The highest BCUT2D eigenvalue weighted by molar-refractivity contribution is 5.81. The Morgan fingerprint density at radius 1 is 1.35 bits per heavy atom. The predicted octanol–water partition coefficient (Wildman–Crippen LogP) is 2.96. The number of ether oxygens (including phenoxy) is 1. The zero-order valence-corrected chi connectivity index (χ0v) is 11.8. The monoisotopic (exact) mass is 283 g/mol. The number of hydrogen-bond acceptors (Lipinski definition) is 2. The van der Waals surface area contributed by atoms with Gasteiger partial charge >= 0.3 is 0 Å². The summed E-state index contributed by atoms with van der Waals surface area (Å²) in [4.78, 5) is 12.1. The predicted molar refractivity (Wildman–Crippen MR) is 71.0 cm³/mol. The van der Waals surface area contributed by atoms with Crippen molar-refractivity contribution >= 4 is 5.91 Å². The second-order valence-electron chi connectivity index (χ2n) is 5.48. The van der Waals surface area contributed by atoms with E-state index in [0.29, 0.717) is 5.56 Å². The average Bonchev–Trinajstić information content (AvgIpc) is 2.71. The van der Waals surface area contributed by atoms with Gasteiger partial charge in [-0.3, -0.25) is 4.79 Å². The summed E-state index contributed by atoms with van der Waals surface area (Å²) in [5.41, 5.74) is 0.524. The largest absolute Gasteiger partial charge is 0.365 e. The molecule has 1 aromatic carbocycles. The first-order chi connectivity index (χ1) is 9.38. The van der Waals surface area contributed by atoms with Crippen LogP contribution in [0.15, 0.2) is 18.2 Å². The van der Waals surface area contributed by atoms with Crippen LogP contribution in [0.5, 0.6) is 0 Å². The highest BCUT2D eigenvalue weighted by Crippen LogP contribution is 2.26. The molecule has 3 nitrogen and oxygen atoms in total. The van der Waals surface area contributed by atoms with Gasteiger partial charge in [0.2, 0.25) is 5.91 Å². The summed E-state index contributed by atoms with van der Waals surface area (Å²) in [5.74, 6) is -1.86. The quantitative estimate of drug-likeness (QED) is 0.926. The molecule has 1 fully saturated rings. The average molecular weight is 283 g/mol. The van der Waals surface area contributed by atoms with Crippen molar-refractivity contribution in [3.05, 3.63) is 35.4 Å². The third-order valence-electron chi connectivity index (χ3n) is 3.66. The molecule has 1 aliphatic rings. The van der Waals surface area contributed by atoms with Gasteiger partial charge in [-0.1, -0.05) is 13.0 Å². The minimum atomic E-state index is -0.914. The van der Waals surface area contributed by atoms with Crippen LogP contribution in [0.2, 0.25) is 0 Å². The number of rotatable bonds is 3. The Labute approximate surface area is 117 Å². The van der Waals surface area contributed by atoms with Gasteiger partial charge in [0.25, 0.3) is 0 Å². The van der Waals surface area contributed by atoms with Crippen LogP contribution >= 0.6 is 0 Å². The van der Waals surface area contributed by atoms with E-state index in [4.69, 9.17) is 4.74 Å². The second kappa shape index (κ2) is 5.87. The molecule has 0 saturated carbocycles. The number of nitrogens with one attached hydrogen (secondary N) is 1. The van der Waals surface area contributed by atoms with Crippen LogP contribution in [-0.2, 0) is 9.53 Å². The van der Waals surface area contributed by atoms with Crippen LogP contribution in [-0.4, -0.2) is 18.1 Å². The van der Waals surface area contributed by atoms with E-state index in [0.717, 1.165) is 18.6 Å². The molecule has 0 aromatic heterocycles. The van der Waals surface area contributed by atoms with Gasteiger partial charge in [0.05, 0.1) is 12.1 Å². The molecule has 0 aliphatic carbocycles. The van der Waals surface area contributed by atoms with E-state index in [9.17, 15) is 13.6 Å². The maximum absolute atomic E-state index is 13.2. The minimum absolute atomic E-state index is 0.0688. The minimum Gasteiger partial charge on any atom is -0.365 e. The Balaban J connectivity index is 2.02. The first kappa shape index (κ1) is 14.9. The number of carbonyl (C=O) groups excluding carboxylic acids is 1. The summed E-state index contributed by atoms with van der Waals surface area (Å²) in [5, 5.41) is 2.78. The molecule has 1 aliphatic heterocycles. The summed E-state index contributed by atoms with van der Waals surface area (Å²) in [6.07, 6.45) is 0.439. The molecule has 0 spiro atoms. The lowest BCUT2D eigenvalue weighted by Gasteiger charge is -2.19. The lowest BCUT2D eigenvalue weighted by atomic mass is 10.0. The van der Waals surface area contributed by atoms with Crippen molar-refractivity contribution in [2.24, 2.45) is 5.92 Å². The van der Waals surface area contributed by atoms with Crippen molar-refractivity contribution in [2.45, 2.75) is 45.4 Å². The van der Waals surface area contributed by atoms with Gasteiger partial charge in [0.1, 0.15) is 6.10 Å².